The lowest BCUT2D eigenvalue weighted by Crippen LogP contribution is -2.22. The summed E-state index contributed by atoms with van der Waals surface area (Å²) in [5.74, 6) is -0.0399. The molecule has 96 valence electrons. The molecule has 0 atom stereocenters. The van der Waals surface area contributed by atoms with Gasteiger partial charge in [0.05, 0.1) is 5.71 Å². The highest BCUT2D eigenvalue weighted by atomic mass is 35.5. The smallest absolute Gasteiger partial charge is 0.211 e. The molecule has 0 unspecified atom stereocenters. The van der Waals surface area contributed by atoms with E-state index in [1.807, 2.05) is 30.4 Å². The monoisotopic (exact) mass is 272 g/mol. The molecule has 0 aromatic heterocycles. The Bertz CT molecular complexity index is 707. The molecule has 0 aliphatic heterocycles. The van der Waals surface area contributed by atoms with E-state index >= 15 is 0 Å². The first-order chi connectivity index (χ1) is 8.75. The van der Waals surface area contributed by atoms with Gasteiger partial charge in [0.2, 0.25) is 5.96 Å². The molecule has 0 radical (unpaired) electrons. The van der Waals surface area contributed by atoms with E-state index in [-0.39, 0.29) is 18.4 Å². The van der Waals surface area contributed by atoms with Crippen LogP contribution in [-0.4, -0.2) is 11.7 Å². The minimum absolute atomic E-state index is 0. The molecule has 0 fully saturated rings. The molecule has 1 aliphatic rings. The maximum Gasteiger partial charge on any atom is 0.211 e. The Kier molecular flexibility index (Phi) is 3.53. The van der Waals surface area contributed by atoms with Gasteiger partial charge < -0.3 is 11.5 Å². The fourth-order valence-corrected chi connectivity index (χ4v) is 2.18. The van der Waals surface area contributed by atoms with Crippen LogP contribution in [0.3, 0.4) is 0 Å². The summed E-state index contributed by atoms with van der Waals surface area (Å²) < 4.78 is 0. The van der Waals surface area contributed by atoms with Gasteiger partial charge in [-0.25, -0.2) is 0 Å². The third-order valence-corrected chi connectivity index (χ3v) is 2.91. The summed E-state index contributed by atoms with van der Waals surface area (Å²) in [6.45, 7) is 0. The topological polar surface area (TPSA) is 76.8 Å². The average Bonchev–Trinajstić information content (AvgIpc) is 2.38. The van der Waals surface area contributed by atoms with E-state index in [0.717, 1.165) is 11.3 Å². The fraction of sp³-hybridized carbons (Fsp3) is 0. The first-order valence-electron chi connectivity index (χ1n) is 5.62. The summed E-state index contributed by atoms with van der Waals surface area (Å²) in [6.07, 6.45) is 3.94. The molecule has 3 rings (SSSR count). The SMILES string of the molecule is Cl.NC(N)=N/N=C1/C=Cc2cccc3cccc1c23. The Balaban J connectivity index is 0.00000133. The van der Waals surface area contributed by atoms with Crippen molar-refractivity contribution < 1.29 is 0 Å². The van der Waals surface area contributed by atoms with E-state index < -0.39 is 0 Å². The lowest BCUT2D eigenvalue weighted by molar-refractivity contribution is 1.20. The summed E-state index contributed by atoms with van der Waals surface area (Å²) in [5, 5.41) is 10.2. The highest BCUT2D eigenvalue weighted by molar-refractivity contribution is 6.22. The predicted octanol–water partition coefficient (Wildman–Crippen LogP) is 2.27. The van der Waals surface area contributed by atoms with E-state index in [0.29, 0.717) is 0 Å². The van der Waals surface area contributed by atoms with Crippen LogP contribution in [0, 0.1) is 0 Å². The van der Waals surface area contributed by atoms with E-state index in [9.17, 15) is 0 Å². The van der Waals surface area contributed by atoms with Gasteiger partial charge in [0.15, 0.2) is 0 Å². The van der Waals surface area contributed by atoms with Gasteiger partial charge in [-0.2, -0.15) is 0 Å². The Morgan fingerprint density at radius 3 is 2.42 bits per heavy atom. The van der Waals surface area contributed by atoms with Crippen LogP contribution in [0.15, 0.2) is 52.7 Å². The van der Waals surface area contributed by atoms with Gasteiger partial charge in [0.1, 0.15) is 0 Å². The third-order valence-electron chi connectivity index (χ3n) is 2.91. The standard InChI is InChI=1S/C14H12N4.ClH/c15-14(16)18-17-12-8-7-10-4-1-3-9-5-2-6-11(12)13(9)10;/h1-8H,(H4,15,16,18);1H/b17-12-;. The van der Waals surface area contributed by atoms with Gasteiger partial charge in [-0.05, 0) is 22.4 Å². The summed E-state index contributed by atoms with van der Waals surface area (Å²) in [7, 11) is 0. The quantitative estimate of drug-likeness (QED) is 0.475. The van der Waals surface area contributed by atoms with E-state index in [2.05, 4.69) is 28.4 Å². The lowest BCUT2D eigenvalue weighted by Gasteiger charge is -2.13. The van der Waals surface area contributed by atoms with Crippen LogP contribution in [0.4, 0.5) is 0 Å². The molecule has 0 spiro atoms. The van der Waals surface area contributed by atoms with E-state index in [1.54, 1.807) is 0 Å². The summed E-state index contributed by atoms with van der Waals surface area (Å²) in [6, 6.07) is 12.3. The number of benzene rings is 2. The molecular formula is C14H13ClN4. The highest BCUT2D eigenvalue weighted by Gasteiger charge is 2.12. The number of allylic oxidation sites excluding steroid dienone is 1. The highest BCUT2D eigenvalue weighted by Crippen LogP contribution is 2.28. The molecule has 2 aromatic rings. The van der Waals surface area contributed by atoms with Crippen LogP contribution >= 0.6 is 12.4 Å². The number of hydrogen-bond donors (Lipinski definition) is 2. The first kappa shape index (κ1) is 13.1. The number of halogens is 1. The van der Waals surface area contributed by atoms with Crippen LogP contribution in [0.25, 0.3) is 16.8 Å². The van der Waals surface area contributed by atoms with Crippen molar-refractivity contribution in [1.82, 2.24) is 0 Å². The molecule has 0 heterocycles. The van der Waals surface area contributed by atoms with Crippen molar-refractivity contribution in [3.63, 3.8) is 0 Å². The number of nitrogens with two attached hydrogens (primary N) is 2. The summed E-state index contributed by atoms with van der Waals surface area (Å²) in [4.78, 5) is 0. The summed E-state index contributed by atoms with van der Waals surface area (Å²) in [5.41, 5.74) is 13.6. The predicted molar refractivity (Wildman–Crippen MR) is 82.6 cm³/mol. The Labute approximate surface area is 116 Å². The van der Waals surface area contributed by atoms with Crippen LogP contribution in [0.5, 0.6) is 0 Å². The van der Waals surface area contributed by atoms with Gasteiger partial charge in [-0.15, -0.1) is 22.6 Å². The third kappa shape index (κ3) is 2.30. The van der Waals surface area contributed by atoms with E-state index in [4.69, 9.17) is 11.5 Å². The van der Waals surface area contributed by atoms with Crippen molar-refractivity contribution in [2.75, 3.05) is 0 Å². The maximum atomic E-state index is 5.30. The number of nitrogens with zero attached hydrogens (tertiary/aromatic N) is 2. The minimum Gasteiger partial charge on any atom is -0.369 e. The van der Waals surface area contributed by atoms with Gasteiger partial charge in [0.25, 0.3) is 0 Å². The molecule has 1 aliphatic carbocycles. The second kappa shape index (κ2) is 5.12. The molecule has 0 saturated heterocycles. The molecule has 2 aromatic carbocycles. The van der Waals surface area contributed by atoms with Crippen molar-refractivity contribution in [3.8, 4) is 0 Å². The van der Waals surface area contributed by atoms with Gasteiger partial charge in [-0.1, -0.05) is 42.5 Å². The summed E-state index contributed by atoms with van der Waals surface area (Å²) >= 11 is 0. The minimum atomic E-state index is -0.0399. The average molecular weight is 273 g/mol. The van der Waals surface area contributed by atoms with Gasteiger partial charge >= 0.3 is 0 Å². The van der Waals surface area contributed by atoms with Gasteiger partial charge in [0, 0.05) is 5.56 Å². The van der Waals surface area contributed by atoms with Gasteiger partial charge in [-0.3, -0.25) is 0 Å². The Morgan fingerprint density at radius 1 is 0.947 bits per heavy atom. The van der Waals surface area contributed by atoms with E-state index in [1.165, 1.54) is 16.3 Å². The largest absolute Gasteiger partial charge is 0.369 e. The zero-order chi connectivity index (χ0) is 12.5. The Morgan fingerprint density at radius 2 is 1.68 bits per heavy atom. The molecule has 0 saturated carbocycles. The van der Waals surface area contributed by atoms with Crippen molar-refractivity contribution in [2.24, 2.45) is 21.7 Å². The second-order valence-corrected chi connectivity index (χ2v) is 4.09. The fourth-order valence-electron chi connectivity index (χ4n) is 2.18. The lowest BCUT2D eigenvalue weighted by atomic mass is 9.92. The van der Waals surface area contributed by atoms with Crippen molar-refractivity contribution in [1.29, 1.82) is 0 Å². The zero-order valence-electron chi connectivity index (χ0n) is 10.1. The molecular weight excluding hydrogens is 260 g/mol. The molecule has 5 heteroatoms. The molecule has 0 bridgehead atoms. The molecule has 4 nitrogen and oxygen atoms in total. The van der Waals surface area contributed by atoms with Crippen molar-refractivity contribution in [2.45, 2.75) is 0 Å². The first-order valence-corrected chi connectivity index (χ1v) is 5.62. The number of guanidine groups is 1. The zero-order valence-corrected chi connectivity index (χ0v) is 10.9. The number of rotatable bonds is 1. The van der Waals surface area contributed by atoms with Crippen molar-refractivity contribution >= 4 is 40.9 Å². The van der Waals surface area contributed by atoms with Crippen LogP contribution in [-0.2, 0) is 0 Å². The maximum absolute atomic E-state index is 5.30. The molecule has 19 heavy (non-hydrogen) atoms. The number of hydrogen-bond acceptors (Lipinski definition) is 2. The molecule has 4 N–H and O–H groups in total. The Hall–Kier alpha value is -2.33. The van der Waals surface area contributed by atoms with Crippen LogP contribution in [0.2, 0.25) is 0 Å². The van der Waals surface area contributed by atoms with Crippen LogP contribution in [0.1, 0.15) is 11.1 Å². The van der Waals surface area contributed by atoms with Crippen LogP contribution < -0.4 is 11.5 Å². The normalized spacial score (nSPS) is 14.2. The molecule has 0 amide bonds. The second-order valence-electron chi connectivity index (χ2n) is 4.09. The van der Waals surface area contributed by atoms with Crippen molar-refractivity contribution in [3.05, 3.63) is 53.6 Å².